The zero-order valence-electron chi connectivity index (χ0n) is 17.5. The molecule has 0 bridgehead atoms. The molecule has 152 valence electrons. The van der Waals surface area contributed by atoms with E-state index in [1.165, 1.54) is 6.92 Å². The van der Waals surface area contributed by atoms with Gasteiger partial charge >= 0.3 is 5.97 Å². The molecule has 0 aliphatic rings. The lowest BCUT2D eigenvalue weighted by atomic mass is 9.99. The van der Waals surface area contributed by atoms with E-state index in [1.54, 1.807) is 37.3 Å². The van der Waals surface area contributed by atoms with Crippen LogP contribution in [-0.4, -0.2) is 60.0 Å². The Hall–Kier alpha value is -2.15. The Morgan fingerprint density at radius 1 is 1.19 bits per heavy atom. The molecule has 1 unspecified atom stereocenters. The summed E-state index contributed by atoms with van der Waals surface area (Å²) >= 11 is 0. The van der Waals surface area contributed by atoms with E-state index in [9.17, 15) is 14.4 Å². The topological polar surface area (TPSA) is 77.8 Å². The van der Waals surface area contributed by atoms with Crippen molar-refractivity contribution in [2.75, 3.05) is 26.9 Å². The van der Waals surface area contributed by atoms with Crippen molar-refractivity contribution in [2.24, 2.45) is 0 Å². The van der Waals surface area contributed by atoms with Crippen LogP contribution in [0.5, 0.6) is 0 Å². The van der Waals surface area contributed by atoms with Crippen molar-refractivity contribution < 1.29 is 23.9 Å². The van der Waals surface area contributed by atoms with Crippen molar-refractivity contribution in [1.29, 1.82) is 0 Å². The molecule has 0 saturated carbocycles. The molecule has 1 rings (SSSR count). The number of hydrogen-bond donors (Lipinski definition) is 0. The first-order valence-electron chi connectivity index (χ1n) is 9.39. The van der Waals surface area contributed by atoms with Gasteiger partial charge in [0.1, 0.15) is 5.69 Å². The molecule has 1 heterocycles. The van der Waals surface area contributed by atoms with Gasteiger partial charge in [-0.25, -0.2) is 4.79 Å². The number of carbonyl (C=O) groups excluding carboxylic acids is 3. The van der Waals surface area contributed by atoms with Gasteiger partial charge in [-0.05, 0) is 46.6 Å². The molecule has 27 heavy (non-hydrogen) atoms. The standard InChI is InChI=1S/C20H32N2O5/c1-8-21-14(4)17(13(3)18(21)20(25)27-9-2)19(24)15(5)22(16(6)23)11-10-12-26-7/h15H,8-12H2,1-7H3. The highest BCUT2D eigenvalue weighted by atomic mass is 16.5. The van der Waals surface area contributed by atoms with Gasteiger partial charge in [0.2, 0.25) is 5.91 Å². The highest BCUT2D eigenvalue weighted by Crippen LogP contribution is 2.25. The van der Waals surface area contributed by atoms with Crippen LogP contribution in [0.25, 0.3) is 0 Å². The van der Waals surface area contributed by atoms with Crippen molar-refractivity contribution in [3.63, 3.8) is 0 Å². The van der Waals surface area contributed by atoms with Gasteiger partial charge in [0.15, 0.2) is 5.78 Å². The maximum absolute atomic E-state index is 13.2. The number of methoxy groups -OCH3 is 1. The van der Waals surface area contributed by atoms with Crippen molar-refractivity contribution in [3.05, 3.63) is 22.5 Å². The third-order valence-electron chi connectivity index (χ3n) is 4.80. The zero-order valence-corrected chi connectivity index (χ0v) is 17.5. The van der Waals surface area contributed by atoms with Crippen molar-refractivity contribution >= 4 is 17.7 Å². The molecule has 1 atom stereocenters. The number of ether oxygens (including phenoxy) is 2. The first kappa shape index (κ1) is 22.9. The third kappa shape index (κ3) is 4.97. The SMILES string of the molecule is CCOC(=O)c1c(C)c(C(=O)C(C)N(CCCOC)C(C)=O)c(C)n1CC. The number of ketones is 1. The van der Waals surface area contributed by atoms with E-state index in [0.717, 1.165) is 5.69 Å². The van der Waals surface area contributed by atoms with Crippen LogP contribution in [0.4, 0.5) is 0 Å². The van der Waals surface area contributed by atoms with E-state index in [1.807, 2.05) is 13.8 Å². The van der Waals surface area contributed by atoms with Crippen LogP contribution >= 0.6 is 0 Å². The molecular weight excluding hydrogens is 348 g/mol. The second kappa shape index (κ2) is 10.3. The Morgan fingerprint density at radius 3 is 2.30 bits per heavy atom. The molecule has 0 aliphatic carbocycles. The summed E-state index contributed by atoms with van der Waals surface area (Å²) in [5, 5.41) is 0. The number of Topliss-reactive ketones (excluding diaryl/α,β-unsaturated/α-hetero) is 1. The van der Waals surface area contributed by atoms with E-state index in [-0.39, 0.29) is 18.3 Å². The average molecular weight is 380 g/mol. The average Bonchev–Trinajstić information content (AvgIpc) is 2.87. The second-order valence-electron chi connectivity index (χ2n) is 6.50. The van der Waals surface area contributed by atoms with E-state index in [4.69, 9.17) is 9.47 Å². The van der Waals surface area contributed by atoms with Gasteiger partial charge in [-0.1, -0.05) is 0 Å². The molecule has 0 aliphatic heterocycles. The molecule has 7 heteroatoms. The third-order valence-corrected chi connectivity index (χ3v) is 4.80. The van der Waals surface area contributed by atoms with Crippen LogP contribution in [0.1, 0.15) is 66.2 Å². The highest BCUT2D eigenvalue weighted by molar-refractivity contribution is 6.06. The van der Waals surface area contributed by atoms with E-state index in [2.05, 4.69) is 0 Å². The Morgan fingerprint density at radius 2 is 1.81 bits per heavy atom. The van der Waals surface area contributed by atoms with Crippen LogP contribution in [0.3, 0.4) is 0 Å². The molecule has 0 fully saturated rings. The monoisotopic (exact) mass is 380 g/mol. The molecule has 1 aromatic heterocycles. The van der Waals surface area contributed by atoms with Crippen LogP contribution in [-0.2, 0) is 20.8 Å². The maximum atomic E-state index is 13.2. The van der Waals surface area contributed by atoms with Crippen LogP contribution in [0.2, 0.25) is 0 Å². The van der Waals surface area contributed by atoms with E-state index < -0.39 is 12.0 Å². The number of hydrogen-bond acceptors (Lipinski definition) is 5. The normalized spacial score (nSPS) is 12.0. The Bertz CT molecular complexity index is 693. The fraction of sp³-hybridized carbons (Fsp3) is 0.650. The number of aromatic nitrogens is 1. The fourth-order valence-electron chi connectivity index (χ4n) is 3.47. The summed E-state index contributed by atoms with van der Waals surface area (Å²) in [5.74, 6) is -0.770. The summed E-state index contributed by atoms with van der Waals surface area (Å²) in [4.78, 5) is 39.2. The maximum Gasteiger partial charge on any atom is 0.355 e. The summed E-state index contributed by atoms with van der Waals surface area (Å²) in [7, 11) is 1.60. The van der Waals surface area contributed by atoms with Crippen LogP contribution < -0.4 is 0 Å². The smallest absolute Gasteiger partial charge is 0.355 e. The number of carbonyl (C=O) groups is 3. The molecule has 7 nitrogen and oxygen atoms in total. The van der Waals surface area contributed by atoms with Gasteiger partial charge in [0.25, 0.3) is 0 Å². The summed E-state index contributed by atoms with van der Waals surface area (Å²) < 4.78 is 12.0. The van der Waals surface area contributed by atoms with Gasteiger partial charge in [0, 0.05) is 45.0 Å². The summed E-state index contributed by atoms with van der Waals surface area (Å²) in [6, 6.07) is -0.625. The molecule has 0 N–H and O–H groups in total. The van der Waals surface area contributed by atoms with Crippen molar-refractivity contribution in [3.8, 4) is 0 Å². The Balaban J connectivity index is 3.29. The quantitative estimate of drug-likeness (QED) is 0.354. The van der Waals surface area contributed by atoms with Gasteiger partial charge in [0.05, 0.1) is 12.6 Å². The lowest BCUT2D eigenvalue weighted by Gasteiger charge is -2.27. The first-order valence-corrected chi connectivity index (χ1v) is 9.39. The Kier molecular flexibility index (Phi) is 8.69. The van der Waals surface area contributed by atoms with Crippen LogP contribution in [0.15, 0.2) is 0 Å². The van der Waals surface area contributed by atoms with Gasteiger partial charge in [-0.15, -0.1) is 0 Å². The predicted molar refractivity (Wildman–Crippen MR) is 103 cm³/mol. The minimum Gasteiger partial charge on any atom is -0.461 e. The first-order chi connectivity index (χ1) is 12.7. The second-order valence-corrected chi connectivity index (χ2v) is 6.50. The highest BCUT2D eigenvalue weighted by Gasteiger charge is 2.31. The molecular formula is C20H32N2O5. The molecule has 0 saturated heterocycles. The molecule has 0 aromatic carbocycles. The van der Waals surface area contributed by atoms with Gasteiger partial charge in [-0.3, -0.25) is 9.59 Å². The van der Waals surface area contributed by atoms with Crippen LogP contribution in [0, 0.1) is 13.8 Å². The molecule has 1 aromatic rings. The number of rotatable bonds is 10. The largest absolute Gasteiger partial charge is 0.461 e. The summed E-state index contributed by atoms with van der Waals surface area (Å²) in [6.07, 6.45) is 0.649. The zero-order chi connectivity index (χ0) is 20.7. The van der Waals surface area contributed by atoms with Gasteiger partial charge in [-0.2, -0.15) is 0 Å². The Labute approximate surface area is 161 Å². The van der Waals surface area contributed by atoms with Gasteiger partial charge < -0.3 is 18.9 Å². The lowest BCUT2D eigenvalue weighted by Crippen LogP contribution is -2.43. The van der Waals surface area contributed by atoms with E-state index >= 15 is 0 Å². The molecule has 1 amide bonds. The number of nitrogens with zero attached hydrogens (tertiary/aromatic N) is 2. The lowest BCUT2D eigenvalue weighted by molar-refractivity contribution is -0.130. The number of amides is 1. The predicted octanol–water partition coefficient (Wildman–Crippen LogP) is 2.76. The number of esters is 1. The van der Waals surface area contributed by atoms with Crippen molar-refractivity contribution in [1.82, 2.24) is 9.47 Å². The molecule has 0 radical (unpaired) electrons. The molecule has 0 spiro atoms. The van der Waals surface area contributed by atoms with E-state index in [0.29, 0.717) is 42.9 Å². The van der Waals surface area contributed by atoms with Crippen molar-refractivity contribution in [2.45, 2.75) is 60.5 Å². The minimum absolute atomic E-state index is 0.164. The minimum atomic E-state index is -0.625. The summed E-state index contributed by atoms with van der Waals surface area (Å²) in [6.45, 7) is 12.2. The fourth-order valence-corrected chi connectivity index (χ4v) is 3.47. The summed E-state index contributed by atoms with van der Waals surface area (Å²) in [5.41, 5.74) is 2.21.